The van der Waals surface area contributed by atoms with E-state index in [2.05, 4.69) is 22.8 Å². The standard InChI is InChI=1S/C10H8ClNS2/c1-12-4-6-7(11)2-3-8-10(6)9(14-12)5-13-8/h2-3,5H,4H2,1H3. The minimum Gasteiger partial charge on any atom is -0.245 e. The number of thiophene rings is 1. The third-order valence-corrected chi connectivity index (χ3v) is 4.80. The van der Waals surface area contributed by atoms with Crippen molar-refractivity contribution in [2.45, 2.75) is 11.4 Å². The molecule has 1 aromatic carbocycles. The summed E-state index contributed by atoms with van der Waals surface area (Å²) in [5, 5.41) is 4.47. The maximum Gasteiger partial charge on any atom is 0.0458 e. The second-order valence-corrected chi connectivity index (χ2v) is 5.94. The summed E-state index contributed by atoms with van der Waals surface area (Å²) in [5.41, 5.74) is 1.28. The van der Waals surface area contributed by atoms with Gasteiger partial charge in [-0.15, -0.1) is 11.3 Å². The van der Waals surface area contributed by atoms with Crippen LogP contribution in [0, 0.1) is 0 Å². The van der Waals surface area contributed by atoms with Gasteiger partial charge in [-0.25, -0.2) is 4.31 Å². The monoisotopic (exact) mass is 241 g/mol. The lowest BCUT2D eigenvalue weighted by Gasteiger charge is -2.22. The van der Waals surface area contributed by atoms with Gasteiger partial charge in [-0.05, 0) is 36.7 Å². The van der Waals surface area contributed by atoms with Gasteiger partial charge in [0.25, 0.3) is 0 Å². The molecule has 0 aliphatic carbocycles. The van der Waals surface area contributed by atoms with E-state index in [1.165, 1.54) is 20.5 Å². The minimum atomic E-state index is 0.893. The Bertz CT molecular complexity index is 506. The van der Waals surface area contributed by atoms with Crippen LogP contribution < -0.4 is 0 Å². The van der Waals surface area contributed by atoms with Crippen molar-refractivity contribution in [2.24, 2.45) is 0 Å². The number of nitrogens with zero attached hydrogens (tertiary/aromatic N) is 1. The molecular weight excluding hydrogens is 234 g/mol. The lowest BCUT2D eigenvalue weighted by Crippen LogP contribution is -2.12. The smallest absolute Gasteiger partial charge is 0.0458 e. The van der Waals surface area contributed by atoms with Gasteiger partial charge in [0.2, 0.25) is 0 Å². The minimum absolute atomic E-state index is 0.893. The predicted octanol–water partition coefficient (Wildman–Crippen LogP) is 4.01. The summed E-state index contributed by atoms with van der Waals surface area (Å²) in [5.74, 6) is 0. The summed E-state index contributed by atoms with van der Waals surface area (Å²) >= 11 is 9.80. The van der Waals surface area contributed by atoms with Gasteiger partial charge in [-0.1, -0.05) is 11.6 Å². The zero-order chi connectivity index (χ0) is 9.71. The van der Waals surface area contributed by atoms with E-state index in [4.69, 9.17) is 11.6 Å². The molecule has 0 bridgehead atoms. The third kappa shape index (κ3) is 1.20. The average Bonchev–Trinajstić information content (AvgIpc) is 2.55. The van der Waals surface area contributed by atoms with Gasteiger partial charge in [-0.2, -0.15) is 0 Å². The fourth-order valence-corrected chi connectivity index (χ4v) is 4.09. The number of benzene rings is 1. The molecular formula is C10H8ClNS2. The first-order chi connectivity index (χ1) is 6.75. The number of hydrogen-bond donors (Lipinski definition) is 0. The van der Waals surface area contributed by atoms with Gasteiger partial charge in [-0.3, -0.25) is 0 Å². The molecule has 72 valence electrons. The molecule has 0 saturated heterocycles. The number of halogens is 1. The summed E-state index contributed by atoms with van der Waals surface area (Å²) in [6.07, 6.45) is 0. The van der Waals surface area contributed by atoms with E-state index < -0.39 is 0 Å². The lowest BCUT2D eigenvalue weighted by molar-refractivity contribution is 0.562. The molecule has 0 saturated carbocycles. The van der Waals surface area contributed by atoms with Crippen molar-refractivity contribution in [1.29, 1.82) is 0 Å². The maximum absolute atomic E-state index is 6.20. The van der Waals surface area contributed by atoms with Crippen LogP contribution >= 0.6 is 34.9 Å². The fraction of sp³-hybridized carbons (Fsp3) is 0.200. The van der Waals surface area contributed by atoms with Crippen molar-refractivity contribution in [3.05, 3.63) is 28.1 Å². The van der Waals surface area contributed by atoms with Gasteiger partial charge in [0.15, 0.2) is 0 Å². The highest BCUT2D eigenvalue weighted by Gasteiger charge is 2.20. The van der Waals surface area contributed by atoms with Gasteiger partial charge in [0.05, 0.1) is 0 Å². The molecule has 4 heteroatoms. The van der Waals surface area contributed by atoms with Crippen molar-refractivity contribution in [3.63, 3.8) is 0 Å². The highest BCUT2D eigenvalue weighted by Crippen LogP contribution is 2.43. The maximum atomic E-state index is 6.20. The first-order valence-electron chi connectivity index (χ1n) is 4.33. The molecule has 0 N–H and O–H groups in total. The SMILES string of the molecule is CN1Cc2c(Cl)ccc3scc(c23)S1. The van der Waals surface area contributed by atoms with Crippen LogP contribution in [-0.4, -0.2) is 11.4 Å². The summed E-state index contributed by atoms with van der Waals surface area (Å²) in [7, 11) is 2.10. The first kappa shape index (κ1) is 9.04. The average molecular weight is 242 g/mol. The zero-order valence-corrected chi connectivity index (χ0v) is 9.97. The molecule has 3 rings (SSSR count). The number of rotatable bonds is 0. The molecule has 2 aromatic rings. The van der Waals surface area contributed by atoms with Crippen LogP contribution in [0.15, 0.2) is 22.4 Å². The second-order valence-electron chi connectivity index (χ2n) is 3.38. The molecule has 0 unspecified atom stereocenters. The van der Waals surface area contributed by atoms with Gasteiger partial charge >= 0.3 is 0 Å². The van der Waals surface area contributed by atoms with Crippen molar-refractivity contribution >= 4 is 45.0 Å². The molecule has 0 radical (unpaired) electrons. The molecule has 0 fully saturated rings. The summed E-state index contributed by atoms with van der Waals surface area (Å²) in [4.78, 5) is 1.34. The Morgan fingerprint density at radius 2 is 2.29 bits per heavy atom. The summed E-state index contributed by atoms with van der Waals surface area (Å²) < 4.78 is 3.57. The van der Waals surface area contributed by atoms with Gasteiger partial charge in [0.1, 0.15) is 0 Å². The third-order valence-electron chi connectivity index (χ3n) is 2.39. The molecule has 1 aliphatic heterocycles. The van der Waals surface area contributed by atoms with Crippen LogP contribution in [0.2, 0.25) is 5.02 Å². The zero-order valence-electron chi connectivity index (χ0n) is 7.58. The van der Waals surface area contributed by atoms with Crippen molar-refractivity contribution in [1.82, 2.24) is 4.31 Å². The molecule has 1 aliphatic rings. The molecule has 14 heavy (non-hydrogen) atoms. The van der Waals surface area contributed by atoms with Crippen LogP contribution in [0.1, 0.15) is 5.56 Å². The van der Waals surface area contributed by atoms with Crippen molar-refractivity contribution in [3.8, 4) is 0 Å². The molecule has 1 nitrogen and oxygen atoms in total. The quantitative estimate of drug-likeness (QED) is 0.642. The lowest BCUT2D eigenvalue weighted by atomic mass is 10.1. The predicted molar refractivity (Wildman–Crippen MR) is 64.2 cm³/mol. The second kappa shape index (κ2) is 3.14. The van der Waals surface area contributed by atoms with Crippen molar-refractivity contribution in [2.75, 3.05) is 7.05 Å². The van der Waals surface area contributed by atoms with E-state index in [0.29, 0.717) is 0 Å². The Labute approximate surface area is 95.8 Å². The molecule has 2 heterocycles. The largest absolute Gasteiger partial charge is 0.245 e. The van der Waals surface area contributed by atoms with Crippen molar-refractivity contribution < 1.29 is 0 Å². The Kier molecular flexibility index (Phi) is 2.02. The molecule has 0 amide bonds. The summed E-state index contributed by atoms with van der Waals surface area (Å²) in [6, 6.07) is 4.12. The number of hydrogen-bond acceptors (Lipinski definition) is 3. The van der Waals surface area contributed by atoms with Gasteiger partial charge in [0, 0.05) is 31.9 Å². The Hall–Kier alpha value is -0.220. The van der Waals surface area contributed by atoms with E-state index in [0.717, 1.165) is 11.6 Å². The molecule has 0 spiro atoms. The van der Waals surface area contributed by atoms with Crippen LogP contribution in [-0.2, 0) is 6.54 Å². The Morgan fingerprint density at radius 3 is 3.14 bits per heavy atom. The molecule has 0 atom stereocenters. The highest BCUT2D eigenvalue weighted by atomic mass is 35.5. The normalized spacial score (nSPS) is 16.4. The van der Waals surface area contributed by atoms with Gasteiger partial charge < -0.3 is 0 Å². The van der Waals surface area contributed by atoms with E-state index in [9.17, 15) is 0 Å². The van der Waals surface area contributed by atoms with Crippen LogP contribution in [0.25, 0.3) is 10.1 Å². The van der Waals surface area contributed by atoms with E-state index in [1.807, 2.05) is 6.07 Å². The Morgan fingerprint density at radius 1 is 1.43 bits per heavy atom. The highest BCUT2D eigenvalue weighted by molar-refractivity contribution is 7.97. The van der Waals surface area contributed by atoms with E-state index in [1.54, 1.807) is 23.3 Å². The van der Waals surface area contributed by atoms with Crippen LogP contribution in [0.4, 0.5) is 0 Å². The fourth-order valence-electron chi connectivity index (χ4n) is 1.79. The molecule has 1 aromatic heterocycles. The van der Waals surface area contributed by atoms with E-state index >= 15 is 0 Å². The Balaban J connectivity index is 2.41. The van der Waals surface area contributed by atoms with Crippen LogP contribution in [0.5, 0.6) is 0 Å². The van der Waals surface area contributed by atoms with E-state index in [-0.39, 0.29) is 0 Å². The first-order valence-corrected chi connectivity index (χ1v) is 6.36. The van der Waals surface area contributed by atoms with Crippen LogP contribution in [0.3, 0.4) is 0 Å². The summed E-state index contributed by atoms with van der Waals surface area (Å²) in [6.45, 7) is 0.935. The topological polar surface area (TPSA) is 3.24 Å².